The number of amides is 3. The molecule has 2 aliphatic heterocycles. The third-order valence-corrected chi connectivity index (χ3v) is 5.63. The van der Waals surface area contributed by atoms with Crippen molar-refractivity contribution >= 4 is 28.2 Å². The lowest BCUT2D eigenvalue weighted by Crippen LogP contribution is -2.48. The predicted molar refractivity (Wildman–Crippen MR) is 91.2 cm³/mol. The molecule has 3 aliphatic rings. The van der Waals surface area contributed by atoms with Gasteiger partial charge in [0, 0.05) is 12.5 Å². The summed E-state index contributed by atoms with van der Waals surface area (Å²) in [6, 6.07) is -1.79. The zero-order valence-electron chi connectivity index (χ0n) is 14.4. The minimum Gasteiger partial charge on any atom is -0.385 e. The van der Waals surface area contributed by atoms with Crippen LogP contribution in [0.5, 0.6) is 0 Å². The average Bonchev–Trinajstić information content (AvgIpc) is 2.79. The van der Waals surface area contributed by atoms with Crippen LogP contribution in [0.2, 0.25) is 0 Å². The van der Waals surface area contributed by atoms with Crippen LogP contribution in [-0.2, 0) is 19.5 Å². The SMILES string of the molecule is NC(=NC(=O)C1CCCCCC1)C1CCC2CN1C(=O)N2OS(=O)(=O)O. The lowest BCUT2D eigenvalue weighted by Gasteiger charge is -2.29. The Balaban J connectivity index is 1.70. The molecular weight excluding hydrogens is 364 g/mol. The Kier molecular flexibility index (Phi) is 5.49. The number of fused-ring (bicyclic) bond motifs is 2. The number of urea groups is 1. The fraction of sp³-hybridized carbons (Fsp3) is 0.800. The molecule has 0 spiro atoms. The highest BCUT2D eigenvalue weighted by Crippen LogP contribution is 2.31. The average molecular weight is 388 g/mol. The minimum atomic E-state index is -4.79. The van der Waals surface area contributed by atoms with Gasteiger partial charge in [-0.1, -0.05) is 25.7 Å². The molecule has 0 aromatic heterocycles. The van der Waals surface area contributed by atoms with Crippen LogP contribution in [0.4, 0.5) is 4.79 Å². The molecule has 2 atom stereocenters. The number of amidine groups is 1. The van der Waals surface area contributed by atoms with Crippen molar-refractivity contribution in [2.24, 2.45) is 16.6 Å². The molecule has 2 saturated heterocycles. The molecule has 2 bridgehead atoms. The van der Waals surface area contributed by atoms with E-state index in [0.717, 1.165) is 38.5 Å². The molecule has 1 aliphatic carbocycles. The zero-order valence-corrected chi connectivity index (χ0v) is 15.2. The van der Waals surface area contributed by atoms with Gasteiger partial charge in [0.25, 0.3) is 5.91 Å². The van der Waals surface area contributed by atoms with E-state index in [4.69, 9.17) is 10.3 Å². The number of hydrogen-bond donors (Lipinski definition) is 2. The summed E-state index contributed by atoms with van der Waals surface area (Å²) in [6.45, 7) is 0.201. The number of carbonyl (C=O) groups is 2. The smallest absolute Gasteiger partial charge is 0.385 e. The summed E-state index contributed by atoms with van der Waals surface area (Å²) >= 11 is 0. The van der Waals surface area contributed by atoms with E-state index in [0.29, 0.717) is 17.9 Å². The summed E-state index contributed by atoms with van der Waals surface area (Å²) in [4.78, 5) is 30.2. The Labute approximate surface area is 152 Å². The van der Waals surface area contributed by atoms with Gasteiger partial charge in [-0.05, 0) is 25.7 Å². The normalized spacial score (nSPS) is 28.3. The van der Waals surface area contributed by atoms with Crippen LogP contribution in [0.25, 0.3) is 0 Å². The van der Waals surface area contributed by atoms with Crippen LogP contribution < -0.4 is 5.73 Å². The van der Waals surface area contributed by atoms with Gasteiger partial charge >= 0.3 is 16.4 Å². The van der Waals surface area contributed by atoms with E-state index in [-0.39, 0.29) is 24.2 Å². The van der Waals surface area contributed by atoms with Gasteiger partial charge in [0.15, 0.2) is 0 Å². The summed E-state index contributed by atoms with van der Waals surface area (Å²) in [5.74, 6) is -0.301. The maximum atomic E-state index is 12.4. The summed E-state index contributed by atoms with van der Waals surface area (Å²) in [6.07, 6.45) is 6.73. The predicted octanol–water partition coefficient (Wildman–Crippen LogP) is 0.844. The van der Waals surface area contributed by atoms with Crippen molar-refractivity contribution in [1.29, 1.82) is 0 Å². The Hall–Kier alpha value is -1.72. The van der Waals surface area contributed by atoms with Crippen LogP contribution in [0, 0.1) is 5.92 Å². The molecule has 3 N–H and O–H groups in total. The number of hydrogen-bond acceptors (Lipinski definition) is 5. The van der Waals surface area contributed by atoms with Crippen molar-refractivity contribution in [2.45, 2.75) is 63.5 Å². The van der Waals surface area contributed by atoms with Crippen LogP contribution in [0.3, 0.4) is 0 Å². The standard InChI is InChI=1S/C15H24N4O6S/c16-13(17-14(20)10-5-3-1-2-4-6-10)12-8-7-11-9-18(12)15(21)19(11)25-26(22,23)24/h10-12H,1-9H2,(H2,16,17,20)(H,22,23,24). The topological polar surface area (TPSA) is 143 Å². The van der Waals surface area contributed by atoms with Crippen molar-refractivity contribution in [3.63, 3.8) is 0 Å². The second-order valence-electron chi connectivity index (χ2n) is 7.07. The minimum absolute atomic E-state index is 0.0692. The van der Waals surface area contributed by atoms with Gasteiger partial charge in [-0.15, -0.1) is 4.28 Å². The molecule has 10 nitrogen and oxygen atoms in total. The van der Waals surface area contributed by atoms with E-state index in [9.17, 15) is 18.0 Å². The molecule has 2 heterocycles. The monoisotopic (exact) mass is 388 g/mol. The summed E-state index contributed by atoms with van der Waals surface area (Å²) in [5.41, 5.74) is 6.02. The molecule has 3 amide bonds. The fourth-order valence-corrected chi connectivity index (χ4v) is 4.35. The molecule has 1 saturated carbocycles. The first-order chi connectivity index (χ1) is 12.3. The molecular formula is C15H24N4O6S. The quantitative estimate of drug-likeness (QED) is 0.314. The summed E-state index contributed by atoms with van der Waals surface area (Å²) < 4.78 is 35.0. The summed E-state index contributed by atoms with van der Waals surface area (Å²) in [5, 5.41) is 0.649. The zero-order chi connectivity index (χ0) is 18.9. The lowest BCUT2D eigenvalue weighted by molar-refractivity contribution is -0.121. The van der Waals surface area contributed by atoms with Gasteiger partial charge in [-0.25, -0.2) is 4.79 Å². The highest BCUT2D eigenvalue weighted by atomic mass is 32.3. The molecule has 0 aromatic rings. The van der Waals surface area contributed by atoms with Crippen LogP contribution in [-0.4, -0.2) is 59.3 Å². The Morgan fingerprint density at radius 2 is 1.81 bits per heavy atom. The van der Waals surface area contributed by atoms with E-state index in [1.165, 1.54) is 4.90 Å². The number of carbonyl (C=O) groups excluding carboxylic acids is 2. The van der Waals surface area contributed by atoms with Gasteiger partial charge in [0.05, 0.1) is 12.1 Å². The first-order valence-electron chi connectivity index (χ1n) is 8.91. The molecule has 11 heteroatoms. The van der Waals surface area contributed by atoms with E-state index in [1.807, 2.05) is 0 Å². The number of piperidine rings is 1. The number of hydroxylamine groups is 2. The molecule has 3 rings (SSSR count). The van der Waals surface area contributed by atoms with Gasteiger partial charge in [-0.3, -0.25) is 9.35 Å². The Bertz CT molecular complexity index is 701. The van der Waals surface area contributed by atoms with Crippen molar-refractivity contribution in [2.75, 3.05) is 6.54 Å². The van der Waals surface area contributed by atoms with Gasteiger partial charge in [0.2, 0.25) is 0 Å². The van der Waals surface area contributed by atoms with Crippen LogP contribution >= 0.6 is 0 Å². The van der Waals surface area contributed by atoms with Crippen LogP contribution in [0.15, 0.2) is 4.99 Å². The Morgan fingerprint density at radius 3 is 2.42 bits per heavy atom. The fourth-order valence-electron chi connectivity index (χ4n) is 3.96. The van der Waals surface area contributed by atoms with Crippen molar-refractivity contribution in [3.05, 3.63) is 0 Å². The highest BCUT2D eigenvalue weighted by Gasteiger charge is 2.48. The molecule has 3 fully saturated rings. The second-order valence-corrected chi connectivity index (χ2v) is 8.08. The summed E-state index contributed by atoms with van der Waals surface area (Å²) in [7, 11) is -4.79. The lowest BCUT2D eigenvalue weighted by atomic mass is 9.98. The Morgan fingerprint density at radius 1 is 1.15 bits per heavy atom. The maximum Gasteiger partial charge on any atom is 0.418 e. The molecule has 26 heavy (non-hydrogen) atoms. The molecule has 0 aromatic carbocycles. The highest BCUT2D eigenvalue weighted by molar-refractivity contribution is 7.80. The van der Waals surface area contributed by atoms with E-state index in [2.05, 4.69) is 9.28 Å². The van der Waals surface area contributed by atoms with E-state index in [1.54, 1.807) is 0 Å². The van der Waals surface area contributed by atoms with Crippen molar-refractivity contribution in [3.8, 4) is 0 Å². The third kappa shape index (κ3) is 4.15. The van der Waals surface area contributed by atoms with Crippen molar-refractivity contribution < 1.29 is 26.8 Å². The molecule has 2 unspecified atom stereocenters. The van der Waals surface area contributed by atoms with Gasteiger partial charge < -0.3 is 10.6 Å². The van der Waals surface area contributed by atoms with Crippen LogP contribution in [0.1, 0.15) is 51.4 Å². The number of aliphatic imine (C=N–C) groups is 1. The van der Waals surface area contributed by atoms with Crippen molar-refractivity contribution in [1.82, 2.24) is 9.96 Å². The first-order valence-corrected chi connectivity index (χ1v) is 10.3. The first kappa shape index (κ1) is 19.1. The third-order valence-electron chi connectivity index (χ3n) is 5.28. The largest absolute Gasteiger partial charge is 0.418 e. The second kappa shape index (κ2) is 7.49. The maximum absolute atomic E-state index is 12.4. The van der Waals surface area contributed by atoms with E-state index < -0.39 is 28.5 Å². The van der Waals surface area contributed by atoms with E-state index >= 15 is 0 Å². The number of rotatable bonds is 4. The van der Waals surface area contributed by atoms with Gasteiger partial charge in [-0.2, -0.15) is 18.5 Å². The van der Waals surface area contributed by atoms with Gasteiger partial charge in [0.1, 0.15) is 5.84 Å². The molecule has 146 valence electrons. The molecule has 0 radical (unpaired) electrons. The number of nitrogens with two attached hydrogens (primary N) is 1. The number of nitrogens with zero attached hydrogens (tertiary/aromatic N) is 3.